The molecule has 72 valence electrons. The van der Waals surface area contributed by atoms with Crippen LogP contribution in [0.15, 0.2) is 22.9 Å². The molecule has 2 rings (SSSR count). The van der Waals surface area contributed by atoms with Gasteiger partial charge in [-0.3, -0.25) is 4.79 Å². The molecule has 0 saturated carbocycles. The summed E-state index contributed by atoms with van der Waals surface area (Å²) in [4.78, 5) is 14.4. The van der Waals surface area contributed by atoms with E-state index in [2.05, 4.69) is 4.98 Å². The summed E-state index contributed by atoms with van der Waals surface area (Å²) in [6.45, 7) is 0. The van der Waals surface area contributed by atoms with E-state index in [1.807, 2.05) is 0 Å². The molecule has 0 aliphatic carbocycles. The summed E-state index contributed by atoms with van der Waals surface area (Å²) in [6, 6.07) is 3.22. The SMILES string of the molecule is O=C(O)Cc1cc(Cl)c2ocnc2c1. The zero-order valence-electron chi connectivity index (χ0n) is 7.03. The summed E-state index contributed by atoms with van der Waals surface area (Å²) in [5, 5.41) is 8.98. The van der Waals surface area contributed by atoms with Crippen LogP contribution in [0.4, 0.5) is 0 Å². The smallest absolute Gasteiger partial charge is 0.307 e. The third kappa shape index (κ3) is 1.56. The van der Waals surface area contributed by atoms with Crippen molar-refractivity contribution in [1.29, 1.82) is 0 Å². The van der Waals surface area contributed by atoms with Crippen molar-refractivity contribution in [3.63, 3.8) is 0 Å². The molecule has 0 bridgehead atoms. The van der Waals surface area contributed by atoms with Crippen molar-refractivity contribution in [2.75, 3.05) is 0 Å². The monoisotopic (exact) mass is 211 g/mol. The quantitative estimate of drug-likeness (QED) is 0.826. The van der Waals surface area contributed by atoms with Gasteiger partial charge in [0.1, 0.15) is 5.52 Å². The number of fused-ring (bicyclic) bond motifs is 1. The van der Waals surface area contributed by atoms with E-state index in [9.17, 15) is 4.79 Å². The number of carbonyl (C=O) groups is 1. The lowest BCUT2D eigenvalue weighted by atomic mass is 10.1. The number of oxazole rings is 1. The lowest BCUT2D eigenvalue weighted by Gasteiger charge is -1.97. The molecule has 0 aliphatic rings. The zero-order chi connectivity index (χ0) is 10.1. The lowest BCUT2D eigenvalue weighted by Crippen LogP contribution is -1.99. The van der Waals surface area contributed by atoms with Crippen LogP contribution in [-0.2, 0) is 11.2 Å². The lowest BCUT2D eigenvalue weighted by molar-refractivity contribution is -0.136. The van der Waals surface area contributed by atoms with Gasteiger partial charge in [0.05, 0.1) is 11.4 Å². The third-order valence-electron chi connectivity index (χ3n) is 1.80. The van der Waals surface area contributed by atoms with Crippen molar-refractivity contribution in [3.05, 3.63) is 29.1 Å². The van der Waals surface area contributed by atoms with Gasteiger partial charge in [0.15, 0.2) is 12.0 Å². The van der Waals surface area contributed by atoms with E-state index in [0.717, 1.165) is 0 Å². The van der Waals surface area contributed by atoms with Crippen molar-refractivity contribution in [1.82, 2.24) is 4.98 Å². The first-order valence-electron chi connectivity index (χ1n) is 3.90. The number of rotatable bonds is 2. The summed E-state index contributed by atoms with van der Waals surface area (Å²) in [6.07, 6.45) is 1.21. The second-order valence-corrected chi connectivity index (χ2v) is 3.26. The topological polar surface area (TPSA) is 63.3 Å². The van der Waals surface area contributed by atoms with Crippen molar-refractivity contribution in [3.8, 4) is 0 Å². The molecule has 1 aromatic heterocycles. The Morgan fingerprint density at radius 1 is 1.57 bits per heavy atom. The Kier molecular flexibility index (Phi) is 2.13. The van der Waals surface area contributed by atoms with Gasteiger partial charge < -0.3 is 9.52 Å². The molecule has 5 heteroatoms. The van der Waals surface area contributed by atoms with Crippen LogP contribution in [0.5, 0.6) is 0 Å². The van der Waals surface area contributed by atoms with Gasteiger partial charge in [0.2, 0.25) is 0 Å². The highest BCUT2D eigenvalue weighted by Gasteiger charge is 2.08. The van der Waals surface area contributed by atoms with Gasteiger partial charge in [-0.25, -0.2) is 4.98 Å². The number of hydrogen-bond acceptors (Lipinski definition) is 3. The molecule has 1 N–H and O–H groups in total. The highest BCUT2D eigenvalue weighted by molar-refractivity contribution is 6.34. The highest BCUT2D eigenvalue weighted by Crippen LogP contribution is 2.24. The van der Waals surface area contributed by atoms with Gasteiger partial charge in [-0.05, 0) is 17.7 Å². The van der Waals surface area contributed by atoms with E-state index in [1.165, 1.54) is 6.39 Å². The number of nitrogens with zero attached hydrogens (tertiary/aromatic N) is 1. The third-order valence-corrected chi connectivity index (χ3v) is 2.08. The predicted molar refractivity (Wildman–Crippen MR) is 50.4 cm³/mol. The van der Waals surface area contributed by atoms with Crippen LogP contribution in [0.3, 0.4) is 0 Å². The molecule has 0 aliphatic heterocycles. The minimum Gasteiger partial charge on any atom is -0.481 e. The van der Waals surface area contributed by atoms with Crippen LogP contribution < -0.4 is 0 Å². The number of hydrogen-bond donors (Lipinski definition) is 1. The fourth-order valence-corrected chi connectivity index (χ4v) is 1.54. The van der Waals surface area contributed by atoms with Gasteiger partial charge in [0.25, 0.3) is 0 Å². The van der Waals surface area contributed by atoms with E-state index < -0.39 is 5.97 Å². The van der Waals surface area contributed by atoms with Crippen LogP contribution in [0, 0.1) is 0 Å². The molecule has 4 nitrogen and oxygen atoms in total. The predicted octanol–water partition coefficient (Wildman–Crippen LogP) is 2.11. The Morgan fingerprint density at radius 3 is 3.07 bits per heavy atom. The number of benzene rings is 1. The minimum atomic E-state index is -0.899. The molecular weight excluding hydrogens is 206 g/mol. The number of halogens is 1. The van der Waals surface area contributed by atoms with E-state index >= 15 is 0 Å². The molecule has 0 atom stereocenters. The average molecular weight is 212 g/mol. The molecule has 0 unspecified atom stereocenters. The van der Waals surface area contributed by atoms with Crippen molar-refractivity contribution >= 4 is 28.7 Å². The maximum atomic E-state index is 10.5. The molecule has 2 aromatic rings. The van der Waals surface area contributed by atoms with Gasteiger partial charge >= 0.3 is 5.97 Å². The first-order valence-corrected chi connectivity index (χ1v) is 4.28. The summed E-state index contributed by atoms with van der Waals surface area (Å²) in [5.41, 5.74) is 1.68. The number of aromatic nitrogens is 1. The van der Waals surface area contributed by atoms with Crippen molar-refractivity contribution < 1.29 is 14.3 Å². The number of carboxylic acids is 1. The van der Waals surface area contributed by atoms with Crippen LogP contribution >= 0.6 is 11.6 Å². The molecule has 0 saturated heterocycles. The van der Waals surface area contributed by atoms with E-state index in [-0.39, 0.29) is 6.42 Å². The molecule has 0 spiro atoms. The summed E-state index contributed by atoms with van der Waals surface area (Å²) in [5.74, 6) is -0.899. The molecule has 0 radical (unpaired) electrons. The Bertz CT molecular complexity index is 492. The summed E-state index contributed by atoms with van der Waals surface area (Å²) < 4.78 is 5.02. The van der Waals surface area contributed by atoms with E-state index in [4.69, 9.17) is 21.1 Å². The van der Waals surface area contributed by atoms with Gasteiger partial charge in [0, 0.05) is 0 Å². The van der Waals surface area contributed by atoms with Crippen LogP contribution in [0.2, 0.25) is 5.02 Å². The molecule has 0 fully saturated rings. The van der Waals surface area contributed by atoms with Crippen molar-refractivity contribution in [2.24, 2.45) is 0 Å². The summed E-state index contributed by atoms with van der Waals surface area (Å²) >= 11 is 5.86. The Balaban J connectivity index is 2.53. The van der Waals surface area contributed by atoms with Gasteiger partial charge in [-0.2, -0.15) is 0 Å². The van der Waals surface area contributed by atoms with Crippen molar-refractivity contribution in [2.45, 2.75) is 6.42 Å². The van der Waals surface area contributed by atoms with Crippen LogP contribution in [0.1, 0.15) is 5.56 Å². The minimum absolute atomic E-state index is 0.0669. The molecule has 0 amide bonds. The Labute approximate surface area is 84.1 Å². The highest BCUT2D eigenvalue weighted by atomic mass is 35.5. The largest absolute Gasteiger partial charge is 0.481 e. The van der Waals surface area contributed by atoms with Gasteiger partial charge in [-0.15, -0.1) is 0 Å². The average Bonchev–Trinajstić information content (AvgIpc) is 2.50. The maximum absolute atomic E-state index is 10.5. The fourth-order valence-electron chi connectivity index (χ4n) is 1.26. The first kappa shape index (κ1) is 9.02. The Hall–Kier alpha value is -1.55. The normalized spacial score (nSPS) is 10.6. The number of carboxylic acid groups (broad SMARTS) is 1. The van der Waals surface area contributed by atoms with Crippen LogP contribution in [-0.4, -0.2) is 16.1 Å². The first-order chi connectivity index (χ1) is 6.66. The molecule has 1 heterocycles. The van der Waals surface area contributed by atoms with Crippen LogP contribution in [0.25, 0.3) is 11.1 Å². The standard InChI is InChI=1S/C9H6ClNO3/c10-6-1-5(3-8(12)13)2-7-9(6)14-4-11-7/h1-2,4H,3H2,(H,12,13). The van der Waals surface area contributed by atoms with Gasteiger partial charge in [-0.1, -0.05) is 11.6 Å². The fraction of sp³-hybridized carbons (Fsp3) is 0.111. The maximum Gasteiger partial charge on any atom is 0.307 e. The zero-order valence-corrected chi connectivity index (χ0v) is 7.78. The summed E-state index contributed by atoms with van der Waals surface area (Å²) in [7, 11) is 0. The van der Waals surface area contributed by atoms with E-state index in [0.29, 0.717) is 21.7 Å². The molecule has 14 heavy (non-hydrogen) atoms. The second kappa shape index (κ2) is 3.31. The second-order valence-electron chi connectivity index (χ2n) is 2.85. The Morgan fingerprint density at radius 2 is 2.36 bits per heavy atom. The molecule has 1 aromatic carbocycles. The molecular formula is C9H6ClNO3. The number of aliphatic carboxylic acids is 1. The van der Waals surface area contributed by atoms with E-state index in [1.54, 1.807) is 12.1 Å².